The van der Waals surface area contributed by atoms with Crippen LogP contribution in [0.1, 0.15) is 17.9 Å². The monoisotopic (exact) mass is 437 g/mol. The van der Waals surface area contributed by atoms with Crippen molar-refractivity contribution in [3.8, 4) is 5.75 Å². The highest BCUT2D eigenvalue weighted by Crippen LogP contribution is 2.30. The van der Waals surface area contributed by atoms with E-state index < -0.39 is 0 Å². The Morgan fingerprint density at radius 2 is 1.86 bits per heavy atom. The third-order valence-electron chi connectivity index (χ3n) is 3.74. The molecule has 0 radical (unpaired) electrons. The Balaban J connectivity index is 1.47. The highest BCUT2D eigenvalue weighted by atomic mass is 35.5. The predicted octanol–water partition coefficient (Wildman–Crippen LogP) is 5.10. The second-order valence-corrected chi connectivity index (χ2v) is 7.59. The molecule has 2 aromatic carbocycles. The Morgan fingerprint density at radius 3 is 2.54 bits per heavy atom. The Morgan fingerprint density at radius 1 is 1.14 bits per heavy atom. The number of anilines is 1. The molecular weight excluding hydrogens is 421 g/mol. The zero-order valence-corrected chi connectivity index (χ0v) is 17.3. The molecule has 0 unspecified atom stereocenters. The van der Waals surface area contributed by atoms with Gasteiger partial charge in [0.05, 0.1) is 29.3 Å². The summed E-state index contributed by atoms with van der Waals surface area (Å²) in [7, 11) is 1.62. The maximum absolute atomic E-state index is 12.1. The molecule has 3 aromatic rings. The smallest absolute Gasteiger partial charge is 0.276 e. The molecule has 28 heavy (non-hydrogen) atoms. The van der Waals surface area contributed by atoms with E-state index in [0.717, 1.165) is 11.3 Å². The van der Waals surface area contributed by atoms with Gasteiger partial charge in [-0.15, -0.1) is 10.2 Å². The van der Waals surface area contributed by atoms with Crippen LogP contribution in [-0.4, -0.2) is 29.0 Å². The van der Waals surface area contributed by atoms with Crippen molar-refractivity contribution in [2.45, 2.75) is 18.1 Å². The van der Waals surface area contributed by atoms with Crippen molar-refractivity contribution in [1.29, 1.82) is 0 Å². The molecule has 0 bridgehead atoms. The first kappa shape index (κ1) is 20.5. The number of benzene rings is 2. The number of para-hydroxylation sites is 1. The van der Waals surface area contributed by atoms with Gasteiger partial charge in [0, 0.05) is 12.2 Å². The van der Waals surface area contributed by atoms with E-state index in [1.165, 1.54) is 11.8 Å². The fourth-order valence-corrected chi connectivity index (χ4v) is 3.54. The van der Waals surface area contributed by atoms with Crippen LogP contribution in [0.5, 0.6) is 5.75 Å². The summed E-state index contributed by atoms with van der Waals surface area (Å²) in [6.07, 6.45) is 0.783. The predicted molar refractivity (Wildman–Crippen MR) is 111 cm³/mol. The zero-order valence-electron chi connectivity index (χ0n) is 14.9. The van der Waals surface area contributed by atoms with Gasteiger partial charge in [-0.25, -0.2) is 0 Å². The summed E-state index contributed by atoms with van der Waals surface area (Å²) < 4.78 is 10.8. The van der Waals surface area contributed by atoms with Gasteiger partial charge in [-0.05, 0) is 29.8 Å². The number of hydrogen-bond acceptors (Lipinski definition) is 6. The molecule has 0 fully saturated rings. The first-order chi connectivity index (χ1) is 13.5. The van der Waals surface area contributed by atoms with Gasteiger partial charge < -0.3 is 14.5 Å². The molecule has 9 heteroatoms. The lowest BCUT2D eigenvalue weighted by Crippen LogP contribution is -2.12. The van der Waals surface area contributed by atoms with E-state index in [1.54, 1.807) is 25.3 Å². The molecule has 146 valence electrons. The van der Waals surface area contributed by atoms with Crippen LogP contribution < -0.4 is 10.1 Å². The Kier molecular flexibility index (Phi) is 7.19. The van der Waals surface area contributed by atoms with Crippen LogP contribution in [-0.2, 0) is 11.2 Å². The largest absolute Gasteiger partial charge is 0.497 e. The number of aromatic nitrogens is 2. The number of thioether (sulfide) groups is 1. The fourth-order valence-electron chi connectivity index (χ4n) is 2.34. The summed E-state index contributed by atoms with van der Waals surface area (Å²) in [5, 5.41) is 12.0. The molecule has 1 heterocycles. The SMILES string of the molecule is COc1ccc(Cc2nnc(SCCC(=O)Nc3c(Cl)cccc3Cl)o2)cc1. The average molecular weight is 438 g/mol. The number of methoxy groups -OCH3 is 1. The summed E-state index contributed by atoms with van der Waals surface area (Å²) in [5.41, 5.74) is 1.46. The van der Waals surface area contributed by atoms with Crippen molar-refractivity contribution in [3.05, 3.63) is 64.0 Å². The molecule has 0 aliphatic rings. The molecule has 0 aliphatic carbocycles. The minimum Gasteiger partial charge on any atom is -0.497 e. The summed E-state index contributed by atoms with van der Waals surface area (Å²) in [5.74, 6) is 1.60. The van der Waals surface area contributed by atoms with Gasteiger partial charge in [-0.3, -0.25) is 4.79 Å². The van der Waals surface area contributed by atoms with E-state index in [1.807, 2.05) is 24.3 Å². The van der Waals surface area contributed by atoms with E-state index >= 15 is 0 Å². The first-order valence-corrected chi connectivity index (χ1v) is 10.1. The van der Waals surface area contributed by atoms with Gasteiger partial charge in [-0.1, -0.05) is 53.2 Å². The van der Waals surface area contributed by atoms with Crippen molar-refractivity contribution in [3.63, 3.8) is 0 Å². The number of rotatable bonds is 8. The summed E-state index contributed by atoms with van der Waals surface area (Å²) in [4.78, 5) is 12.1. The van der Waals surface area contributed by atoms with Gasteiger partial charge in [0.2, 0.25) is 11.8 Å². The molecule has 1 amide bonds. The van der Waals surface area contributed by atoms with E-state index in [0.29, 0.717) is 39.0 Å². The van der Waals surface area contributed by atoms with Gasteiger partial charge in [0.25, 0.3) is 5.22 Å². The van der Waals surface area contributed by atoms with Crippen LogP contribution in [0.25, 0.3) is 0 Å². The minimum atomic E-state index is -0.194. The van der Waals surface area contributed by atoms with Crippen LogP contribution in [0, 0.1) is 0 Å². The highest BCUT2D eigenvalue weighted by molar-refractivity contribution is 7.99. The lowest BCUT2D eigenvalue weighted by molar-refractivity contribution is -0.115. The van der Waals surface area contributed by atoms with Gasteiger partial charge in [0.15, 0.2) is 0 Å². The summed E-state index contributed by atoms with van der Waals surface area (Å²) in [6, 6.07) is 12.7. The van der Waals surface area contributed by atoms with Gasteiger partial charge in [0.1, 0.15) is 5.75 Å². The van der Waals surface area contributed by atoms with Crippen LogP contribution in [0.3, 0.4) is 0 Å². The number of nitrogens with one attached hydrogen (secondary N) is 1. The average Bonchev–Trinajstić information content (AvgIpc) is 3.13. The second kappa shape index (κ2) is 9.82. The molecule has 0 saturated carbocycles. The van der Waals surface area contributed by atoms with Crippen molar-refractivity contribution in [2.75, 3.05) is 18.2 Å². The van der Waals surface area contributed by atoms with E-state index in [9.17, 15) is 4.79 Å². The minimum absolute atomic E-state index is 0.194. The Bertz CT molecular complexity index is 928. The maximum atomic E-state index is 12.1. The molecule has 6 nitrogen and oxygen atoms in total. The number of halogens is 2. The van der Waals surface area contributed by atoms with Gasteiger partial charge >= 0.3 is 0 Å². The third-order valence-corrected chi connectivity index (χ3v) is 5.19. The van der Waals surface area contributed by atoms with E-state index in [4.69, 9.17) is 32.4 Å². The Labute approximate surface area is 176 Å². The van der Waals surface area contributed by atoms with Gasteiger partial charge in [-0.2, -0.15) is 0 Å². The number of carbonyl (C=O) groups is 1. The zero-order chi connectivity index (χ0) is 19.9. The first-order valence-electron chi connectivity index (χ1n) is 8.37. The standard InChI is InChI=1S/C19H17Cl2N3O3S/c1-26-13-7-5-12(6-8-13)11-17-23-24-19(27-17)28-10-9-16(25)22-18-14(20)3-2-4-15(18)21/h2-8H,9-11H2,1H3,(H,22,25). The number of hydrogen-bond donors (Lipinski definition) is 1. The highest BCUT2D eigenvalue weighted by Gasteiger charge is 2.12. The fraction of sp³-hybridized carbons (Fsp3) is 0.211. The molecule has 0 saturated heterocycles. The quantitative estimate of drug-likeness (QED) is 0.494. The molecule has 3 rings (SSSR count). The van der Waals surface area contributed by atoms with Crippen LogP contribution >= 0.6 is 35.0 Å². The summed E-state index contributed by atoms with van der Waals surface area (Å²) >= 11 is 13.4. The number of ether oxygens (including phenoxy) is 1. The molecule has 1 N–H and O–H groups in total. The lowest BCUT2D eigenvalue weighted by atomic mass is 10.1. The van der Waals surface area contributed by atoms with Crippen LogP contribution in [0.15, 0.2) is 52.1 Å². The molecule has 1 aromatic heterocycles. The van der Waals surface area contributed by atoms with E-state index in [-0.39, 0.29) is 12.3 Å². The molecular formula is C19H17Cl2N3O3S. The third kappa shape index (κ3) is 5.64. The molecule has 0 spiro atoms. The number of amides is 1. The topological polar surface area (TPSA) is 77.2 Å². The maximum Gasteiger partial charge on any atom is 0.276 e. The lowest BCUT2D eigenvalue weighted by Gasteiger charge is -2.08. The number of carbonyl (C=O) groups excluding carboxylic acids is 1. The normalized spacial score (nSPS) is 10.7. The molecule has 0 aliphatic heterocycles. The van der Waals surface area contributed by atoms with Crippen molar-refractivity contribution in [1.82, 2.24) is 10.2 Å². The number of nitrogens with zero attached hydrogens (tertiary/aromatic N) is 2. The molecule has 0 atom stereocenters. The second-order valence-electron chi connectivity index (χ2n) is 5.73. The summed E-state index contributed by atoms with van der Waals surface area (Å²) in [6.45, 7) is 0. The van der Waals surface area contributed by atoms with Crippen LogP contribution in [0.4, 0.5) is 5.69 Å². The Hall–Kier alpha value is -2.22. The van der Waals surface area contributed by atoms with Crippen molar-refractivity contribution >= 4 is 46.6 Å². The van der Waals surface area contributed by atoms with E-state index in [2.05, 4.69) is 15.5 Å². The van der Waals surface area contributed by atoms with Crippen molar-refractivity contribution in [2.24, 2.45) is 0 Å². The van der Waals surface area contributed by atoms with Crippen LogP contribution in [0.2, 0.25) is 10.0 Å². The van der Waals surface area contributed by atoms with Crippen molar-refractivity contribution < 1.29 is 13.9 Å².